The van der Waals surface area contributed by atoms with Crippen LogP contribution in [0.5, 0.6) is 5.75 Å². The molecule has 1 unspecified atom stereocenters. The van der Waals surface area contributed by atoms with Crippen molar-refractivity contribution in [3.05, 3.63) is 78.1 Å². The van der Waals surface area contributed by atoms with E-state index in [1.54, 1.807) is 13.3 Å². The fourth-order valence-electron chi connectivity index (χ4n) is 4.81. The number of benzene rings is 2. The molecule has 0 aliphatic carbocycles. The maximum absolute atomic E-state index is 13.0. The number of anilines is 1. The molecule has 7 nitrogen and oxygen atoms in total. The van der Waals surface area contributed by atoms with Crippen LogP contribution in [0.15, 0.2) is 67.0 Å². The van der Waals surface area contributed by atoms with Gasteiger partial charge in [0.05, 0.1) is 18.7 Å². The van der Waals surface area contributed by atoms with Crippen molar-refractivity contribution in [2.24, 2.45) is 5.92 Å². The minimum absolute atomic E-state index is 0.0727. The lowest BCUT2D eigenvalue weighted by Gasteiger charge is -2.33. The number of ether oxygens (including phenoxy) is 1. The molecule has 3 heterocycles. The number of methoxy groups -OCH3 is 1. The van der Waals surface area contributed by atoms with Gasteiger partial charge in [0.1, 0.15) is 11.3 Å². The van der Waals surface area contributed by atoms with Gasteiger partial charge >= 0.3 is 0 Å². The summed E-state index contributed by atoms with van der Waals surface area (Å²) in [6.45, 7) is 6.43. The molecule has 1 N–H and O–H groups in total. The fourth-order valence-corrected chi connectivity index (χ4v) is 4.81. The Kier molecular flexibility index (Phi) is 6.89. The fraction of sp³-hybridized carbons (Fsp3) is 0.345. The van der Waals surface area contributed by atoms with E-state index in [2.05, 4.69) is 59.4 Å². The molecule has 1 aliphatic rings. The van der Waals surface area contributed by atoms with Crippen molar-refractivity contribution in [3.8, 4) is 17.0 Å². The molecule has 0 spiro atoms. The van der Waals surface area contributed by atoms with E-state index in [9.17, 15) is 4.79 Å². The Morgan fingerprint density at radius 1 is 1.17 bits per heavy atom. The number of hydrogen-bond acceptors (Lipinski definition) is 5. The van der Waals surface area contributed by atoms with Gasteiger partial charge in [-0.3, -0.25) is 4.79 Å². The zero-order valence-electron chi connectivity index (χ0n) is 21.1. The Bertz CT molecular complexity index is 1350. The van der Waals surface area contributed by atoms with E-state index in [-0.39, 0.29) is 11.8 Å². The van der Waals surface area contributed by atoms with Gasteiger partial charge in [-0.25, -0.2) is 9.50 Å². The minimum atomic E-state index is -0.0727. The van der Waals surface area contributed by atoms with Crippen LogP contribution in [0.3, 0.4) is 0 Å². The summed E-state index contributed by atoms with van der Waals surface area (Å²) in [5, 5.41) is 7.91. The van der Waals surface area contributed by atoms with Crippen molar-refractivity contribution in [2.45, 2.75) is 39.2 Å². The third-order valence-corrected chi connectivity index (χ3v) is 6.94. The van der Waals surface area contributed by atoms with Crippen LogP contribution in [-0.2, 0) is 11.3 Å². The van der Waals surface area contributed by atoms with Gasteiger partial charge in [-0.1, -0.05) is 50.2 Å². The first-order chi connectivity index (χ1) is 17.5. The number of rotatable bonds is 7. The van der Waals surface area contributed by atoms with Crippen LogP contribution < -0.4 is 15.0 Å². The molecule has 2 aromatic carbocycles. The molecule has 36 heavy (non-hydrogen) atoms. The van der Waals surface area contributed by atoms with Gasteiger partial charge in [0.25, 0.3) is 0 Å². The summed E-state index contributed by atoms with van der Waals surface area (Å²) < 4.78 is 7.24. The summed E-state index contributed by atoms with van der Waals surface area (Å²) in [5.74, 6) is 2.19. The standard InChI is InChI=1S/C29H33N5O2/c1-20(2)22-11-9-21(10-12-22)18-31-29(35)24-7-5-14-33(19-24)28-27-17-26(32-34(27)15-13-30-28)23-6-4-8-25(16-23)36-3/h4,6,8-13,15-17,20,24H,5,7,14,18-19H2,1-3H3,(H,31,35). The molecule has 0 bridgehead atoms. The molecule has 1 atom stereocenters. The SMILES string of the molecule is COc1cccc(-c2cc3c(N4CCCC(C(=O)NCc5ccc(C(C)C)cc5)C4)nccn3n2)c1. The first kappa shape index (κ1) is 23.9. The van der Waals surface area contributed by atoms with Crippen molar-refractivity contribution in [1.82, 2.24) is 19.9 Å². The van der Waals surface area contributed by atoms with Crippen LogP contribution in [0.2, 0.25) is 0 Å². The minimum Gasteiger partial charge on any atom is -0.497 e. The van der Waals surface area contributed by atoms with Crippen molar-refractivity contribution in [2.75, 3.05) is 25.1 Å². The van der Waals surface area contributed by atoms with E-state index in [0.29, 0.717) is 19.0 Å². The molecule has 186 valence electrons. The van der Waals surface area contributed by atoms with Crippen molar-refractivity contribution in [1.29, 1.82) is 0 Å². The maximum atomic E-state index is 13.0. The number of carbonyl (C=O) groups excluding carboxylic acids is 1. The second-order valence-corrected chi connectivity index (χ2v) is 9.74. The lowest BCUT2D eigenvalue weighted by molar-refractivity contribution is -0.125. The lowest BCUT2D eigenvalue weighted by atomic mass is 9.96. The van der Waals surface area contributed by atoms with Gasteiger partial charge in [0, 0.05) is 37.6 Å². The zero-order valence-corrected chi connectivity index (χ0v) is 21.1. The molecular formula is C29H33N5O2. The van der Waals surface area contributed by atoms with Crippen molar-refractivity contribution >= 4 is 17.2 Å². The van der Waals surface area contributed by atoms with E-state index in [4.69, 9.17) is 9.84 Å². The first-order valence-electron chi connectivity index (χ1n) is 12.6. The monoisotopic (exact) mass is 483 g/mol. The number of carbonyl (C=O) groups is 1. The molecule has 5 rings (SSSR count). The molecule has 1 fully saturated rings. The van der Waals surface area contributed by atoms with Crippen molar-refractivity contribution < 1.29 is 9.53 Å². The Hall–Kier alpha value is -3.87. The third-order valence-electron chi connectivity index (χ3n) is 6.94. The molecule has 1 saturated heterocycles. The van der Waals surface area contributed by atoms with Gasteiger partial charge in [-0.2, -0.15) is 5.10 Å². The number of aromatic nitrogens is 3. The van der Waals surface area contributed by atoms with Crippen LogP contribution in [0.1, 0.15) is 43.7 Å². The van der Waals surface area contributed by atoms with E-state index in [0.717, 1.165) is 53.3 Å². The highest BCUT2D eigenvalue weighted by Gasteiger charge is 2.27. The molecule has 2 aromatic heterocycles. The number of fused-ring (bicyclic) bond motifs is 1. The highest BCUT2D eigenvalue weighted by atomic mass is 16.5. The Morgan fingerprint density at radius 2 is 2.00 bits per heavy atom. The summed E-state index contributed by atoms with van der Waals surface area (Å²) >= 11 is 0. The molecule has 7 heteroatoms. The van der Waals surface area contributed by atoms with E-state index in [1.165, 1.54) is 5.56 Å². The summed E-state index contributed by atoms with van der Waals surface area (Å²) in [5.41, 5.74) is 5.21. The largest absolute Gasteiger partial charge is 0.497 e. The normalized spacial score (nSPS) is 15.9. The van der Waals surface area contributed by atoms with Crippen molar-refractivity contribution in [3.63, 3.8) is 0 Å². The summed E-state index contributed by atoms with van der Waals surface area (Å²) in [7, 11) is 1.66. The number of nitrogens with zero attached hydrogens (tertiary/aromatic N) is 4. The predicted molar refractivity (Wildman–Crippen MR) is 142 cm³/mol. The molecule has 0 radical (unpaired) electrons. The second kappa shape index (κ2) is 10.4. The Balaban J connectivity index is 1.29. The summed E-state index contributed by atoms with van der Waals surface area (Å²) in [4.78, 5) is 20.0. The van der Waals surface area contributed by atoms with Gasteiger partial charge in [0.2, 0.25) is 5.91 Å². The van der Waals surface area contributed by atoms with Crippen LogP contribution in [0.25, 0.3) is 16.8 Å². The topological polar surface area (TPSA) is 71.8 Å². The van der Waals surface area contributed by atoms with Gasteiger partial charge < -0.3 is 15.0 Å². The molecule has 4 aromatic rings. The van der Waals surface area contributed by atoms with Gasteiger partial charge in [-0.05, 0) is 48.1 Å². The van der Waals surface area contributed by atoms with Crippen LogP contribution >= 0.6 is 0 Å². The number of nitrogens with one attached hydrogen (secondary N) is 1. The van der Waals surface area contributed by atoms with E-state index in [1.807, 2.05) is 35.0 Å². The Morgan fingerprint density at radius 3 is 2.78 bits per heavy atom. The second-order valence-electron chi connectivity index (χ2n) is 9.74. The molecular weight excluding hydrogens is 450 g/mol. The quantitative estimate of drug-likeness (QED) is 0.398. The van der Waals surface area contributed by atoms with Gasteiger partial charge in [0.15, 0.2) is 5.82 Å². The van der Waals surface area contributed by atoms with E-state index >= 15 is 0 Å². The smallest absolute Gasteiger partial charge is 0.225 e. The summed E-state index contributed by atoms with van der Waals surface area (Å²) in [6, 6.07) is 18.4. The lowest BCUT2D eigenvalue weighted by Crippen LogP contribution is -2.43. The van der Waals surface area contributed by atoms with Crippen LogP contribution in [0.4, 0.5) is 5.82 Å². The third kappa shape index (κ3) is 5.05. The van der Waals surface area contributed by atoms with E-state index < -0.39 is 0 Å². The average Bonchev–Trinajstić information content (AvgIpc) is 3.37. The van der Waals surface area contributed by atoms with Crippen LogP contribution in [-0.4, -0.2) is 40.7 Å². The predicted octanol–water partition coefficient (Wildman–Crippen LogP) is 5.06. The van der Waals surface area contributed by atoms with Gasteiger partial charge in [-0.15, -0.1) is 0 Å². The highest BCUT2D eigenvalue weighted by molar-refractivity contribution is 5.81. The zero-order chi connectivity index (χ0) is 25.1. The number of hydrogen-bond donors (Lipinski definition) is 1. The average molecular weight is 484 g/mol. The number of amides is 1. The number of piperidine rings is 1. The molecule has 1 amide bonds. The highest BCUT2D eigenvalue weighted by Crippen LogP contribution is 2.29. The Labute approximate surface area is 212 Å². The molecule has 0 saturated carbocycles. The molecule has 1 aliphatic heterocycles. The van der Waals surface area contributed by atoms with Crippen LogP contribution in [0, 0.1) is 5.92 Å². The maximum Gasteiger partial charge on any atom is 0.225 e. The summed E-state index contributed by atoms with van der Waals surface area (Å²) in [6.07, 6.45) is 5.46. The first-order valence-corrected chi connectivity index (χ1v) is 12.6.